The number of aromatic nitrogens is 1. The monoisotopic (exact) mass is 271 g/mol. The van der Waals surface area contributed by atoms with E-state index in [1.54, 1.807) is 6.20 Å². The zero-order valence-corrected chi connectivity index (χ0v) is 13.2. The standard InChI is InChI=1S/C12H21NO2SSi/c1-9(10(14)11-13-7-8-16-11)15-17(5,6)12(2,3)4/h7-9H,1-6H3/t9-/m0/s1. The predicted octanol–water partition coefficient (Wildman–Crippen LogP) is 3.74. The maximum absolute atomic E-state index is 12.1. The summed E-state index contributed by atoms with van der Waals surface area (Å²) in [5.74, 6) is -0.00942. The van der Waals surface area contributed by atoms with E-state index in [0.717, 1.165) is 0 Å². The molecule has 1 rings (SSSR count). The van der Waals surface area contributed by atoms with Gasteiger partial charge in [0.05, 0.1) is 0 Å². The lowest BCUT2D eigenvalue weighted by molar-refractivity contribution is 0.0796. The average Bonchev–Trinajstić information content (AvgIpc) is 2.66. The van der Waals surface area contributed by atoms with Crippen LogP contribution in [0.5, 0.6) is 0 Å². The van der Waals surface area contributed by atoms with Crippen molar-refractivity contribution in [2.75, 3.05) is 0 Å². The van der Waals surface area contributed by atoms with E-state index in [2.05, 4.69) is 38.8 Å². The van der Waals surface area contributed by atoms with E-state index >= 15 is 0 Å². The van der Waals surface area contributed by atoms with Crippen LogP contribution >= 0.6 is 11.3 Å². The summed E-state index contributed by atoms with van der Waals surface area (Å²) >= 11 is 1.37. The third-order valence-corrected chi connectivity index (χ3v) is 8.63. The molecule has 0 aliphatic heterocycles. The Hall–Kier alpha value is -0.523. The molecule has 0 spiro atoms. The number of hydrogen-bond donors (Lipinski definition) is 0. The Bertz CT molecular complexity index is 382. The molecule has 0 amide bonds. The van der Waals surface area contributed by atoms with Crippen molar-refractivity contribution in [1.82, 2.24) is 4.98 Å². The Morgan fingerprint density at radius 2 is 2.06 bits per heavy atom. The van der Waals surface area contributed by atoms with Gasteiger partial charge in [-0.25, -0.2) is 4.98 Å². The average molecular weight is 271 g/mol. The lowest BCUT2D eigenvalue weighted by atomic mass is 10.2. The molecule has 0 saturated heterocycles. The predicted molar refractivity (Wildman–Crippen MR) is 74.2 cm³/mol. The second-order valence-electron chi connectivity index (χ2n) is 5.72. The largest absolute Gasteiger partial charge is 0.407 e. The number of rotatable bonds is 4. The summed E-state index contributed by atoms with van der Waals surface area (Å²) in [6.07, 6.45) is 1.25. The van der Waals surface area contributed by atoms with Crippen LogP contribution in [0.4, 0.5) is 0 Å². The summed E-state index contributed by atoms with van der Waals surface area (Å²) in [5.41, 5.74) is 0. The van der Waals surface area contributed by atoms with E-state index in [-0.39, 0.29) is 10.8 Å². The lowest BCUT2D eigenvalue weighted by Crippen LogP contribution is -2.45. The van der Waals surface area contributed by atoms with E-state index in [9.17, 15) is 4.79 Å². The molecule has 1 atom stereocenters. The number of Topliss-reactive ketones (excluding diaryl/α,β-unsaturated/α-hetero) is 1. The van der Waals surface area contributed by atoms with Gasteiger partial charge in [-0.05, 0) is 25.1 Å². The van der Waals surface area contributed by atoms with Crippen molar-refractivity contribution in [2.24, 2.45) is 0 Å². The molecular weight excluding hydrogens is 250 g/mol. The van der Waals surface area contributed by atoms with Crippen LogP contribution in [-0.2, 0) is 4.43 Å². The Labute approximate surface area is 108 Å². The van der Waals surface area contributed by atoms with E-state index in [1.807, 2.05) is 12.3 Å². The van der Waals surface area contributed by atoms with Gasteiger partial charge in [0.25, 0.3) is 0 Å². The number of carbonyl (C=O) groups is 1. The zero-order valence-electron chi connectivity index (χ0n) is 11.4. The van der Waals surface area contributed by atoms with Gasteiger partial charge in [-0.2, -0.15) is 0 Å². The molecule has 0 aliphatic rings. The molecule has 0 unspecified atom stereocenters. The molecular formula is C12H21NO2SSi. The Morgan fingerprint density at radius 1 is 1.47 bits per heavy atom. The molecule has 0 fully saturated rings. The highest BCUT2D eigenvalue weighted by Crippen LogP contribution is 2.37. The van der Waals surface area contributed by atoms with Crippen molar-refractivity contribution in [3.05, 3.63) is 16.6 Å². The summed E-state index contributed by atoms with van der Waals surface area (Å²) in [7, 11) is -1.89. The SMILES string of the molecule is C[C@H](O[Si](C)(C)C(C)(C)C)C(=O)c1nccs1. The van der Waals surface area contributed by atoms with Gasteiger partial charge in [0.2, 0.25) is 5.78 Å². The fraction of sp³-hybridized carbons (Fsp3) is 0.667. The lowest BCUT2D eigenvalue weighted by Gasteiger charge is -2.37. The smallest absolute Gasteiger partial charge is 0.218 e. The molecule has 0 saturated carbocycles. The van der Waals surface area contributed by atoms with Gasteiger partial charge in [0.15, 0.2) is 13.3 Å². The first-order chi connectivity index (χ1) is 7.65. The maximum Gasteiger partial charge on any atom is 0.218 e. The van der Waals surface area contributed by atoms with E-state index in [1.165, 1.54) is 11.3 Å². The van der Waals surface area contributed by atoms with Crippen LogP contribution < -0.4 is 0 Å². The first-order valence-electron chi connectivity index (χ1n) is 5.76. The molecule has 3 nitrogen and oxygen atoms in total. The highest BCUT2D eigenvalue weighted by atomic mass is 32.1. The molecule has 5 heteroatoms. The first-order valence-corrected chi connectivity index (χ1v) is 9.55. The fourth-order valence-electron chi connectivity index (χ4n) is 1.19. The molecule has 0 radical (unpaired) electrons. The zero-order chi connectivity index (χ0) is 13.3. The minimum Gasteiger partial charge on any atom is -0.407 e. The molecule has 1 aromatic rings. The van der Waals surface area contributed by atoms with E-state index in [4.69, 9.17) is 4.43 Å². The minimum atomic E-state index is -1.89. The summed E-state index contributed by atoms with van der Waals surface area (Å²) in [6.45, 7) is 12.6. The number of thiazole rings is 1. The molecule has 96 valence electrons. The van der Waals surface area contributed by atoms with E-state index < -0.39 is 14.4 Å². The molecule has 1 aromatic heterocycles. The van der Waals surface area contributed by atoms with Crippen molar-refractivity contribution in [2.45, 2.75) is 51.9 Å². The molecule has 0 aromatic carbocycles. The third-order valence-electron chi connectivity index (χ3n) is 3.29. The number of hydrogen-bond acceptors (Lipinski definition) is 4. The molecule has 0 N–H and O–H groups in total. The number of nitrogens with zero attached hydrogens (tertiary/aromatic N) is 1. The second kappa shape index (κ2) is 5.00. The number of carbonyl (C=O) groups excluding carboxylic acids is 1. The maximum atomic E-state index is 12.1. The summed E-state index contributed by atoms with van der Waals surface area (Å²) in [6, 6.07) is 0. The van der Waals surface area contributed by atoms with Gasteiger partial charge < -0.3 is 4.43 Å². The normalized spacial score (nSPS) is 14.7. The Balaban J connectivity index is 2.73. The first kappa shape index (κ1) is 14.5. The van der Waals surface area contributed by atoms with Gasteiger partial charge in [0, 0.05) is 11.6 Å². The van der Waals surface area contributed by atoms with Crippen LogP contribution in [0.3, 0.4) is 0 Å². The Morgan fingerprint density at radius 3 is 2.47 bits per heavy atom. The second-order valence-corrected chi connectivity index (χ2v) is 11.4. The van der Waals surface area contributed by atoms with Crippen molar-refractivity contribution in [1.29, 1.82) is 0 Å². The molecule has 0 bridgehead atoms. The van der Waals surface area contributed by atoms with E-state index in [0.29, 0.717) is 5.01 Å². The van der Waals surface area contributed by atoms with Crippen LogP contribution in [0.2, 0.25) is 18.1 Å². The third kappa shape index (κ3) is 3.47. The van der Waals surface area contributed by atoms with Gasteiger partial charge in [-0.1, -0.05) is 20.8 Å². The number of ketones is 1. The van der Waals surface area contributed by atoms with Gasteiger partial charge in [0.1, 0.15) is 6.10 Å². The van der Waals surface area contributed by atoms with Gasteiger partial charge >= 0.3 is 0 Å². The van der Waals surface area contributed by atoms with Gasteiger partial charge in [-0.15, -0.1) is 11.3 Å². The highest BCUT2D eigenvalue weighted by molar-refractivity contribution is 7.11. The van der Waals surface area contributed by atoms with Crippen LogP contribution in [0, 0.1) is 0 Å². The summed E-state index contributed by atoms with van der Waals surface area (Å²) in [5, 5.41) is 2.47. The van der Waals surface area contributed by atoms with Crippen LogP contribution in [-0.4, -0.2) is 25.2 Å². The fourth-order valence-corrected chi connectivity index (χ4v) is 3.19. The molecule has 1 heterocycles. The molecule has 17 heavy (non-hydrogen) atoms. The molecule has 0 aliphatic carbocycles. The van der Waals surface area contributed by atoms with Crippen molar-refractivity contribution in [3.8, 4) is 0 Å². The van der Waals surface area contributed by atoms with Gasteiger partial charge in [-0.3, -0.25) is 4.79 Å². The topological polar surface area (TPSA) is 39.2 Å². The van der Waals surface area contributed by atoms with Crippen molar-refractivity contribution >= 4 is 25.4 Å². The highest BCUT2D eigenvalue weighted by Gasteiger charge is 2.39. The van der Waals surface area contributed by atoms with Crippen LogP contribution in [0.25, 0.3) is 0 Å². The Kier molecular flexibility index (Phi) is 4.27. The minimum absolute atomic E-state index is 0.00942. The van der Waals surface area contributed by atoms with Crippen molar-refractivity contribution in [3.63, 3.8) is 0 Å². The quantitative estimate of drug-likeness (QED) is 0.618. The van der Waals surface area contributed by atoms with Crippen LogP contribution in [0.1, 0.15) is 37.5 Å². The van der Waals surface area contributed by atoms with Crippen molar-refractivity contribution < 1.29 is 9.22 Å². The van der Waals surface area contributed by atoms with Crippen LogP contribution in [0.15, 0.2) is 11.6 Å². The summed E-state index contributed by atoms with van der Waals surface area (Å²) < 4.78 is 6.04. The summed E-state index contributed by atoms with van der Waals surface area (Å²) in [4.78, 5) is 16.1.